The lowest BCUT2D eigenvalue weighted by molar-refractivity contribution is -0.144. The number of ether oxygens (including phenoxy) is 1. The largest absolute Gasteiger partial charge is 0.466 e. The lowest BCUT2D eigenvalue weighted by Gasteiger charge is -2.19. The van der Waals surface area contributed by atoms with Gasteiger partial charge in [-0.2, -0.15) is 0 Å². The monoisotopic (exact) mass is 290 g/mol. The van der Waals surface area contributed by atoms with Crippen LogP contribution in [0.1, 0.15) is 52.9 Å². The molecule has 0 aromatic heterocycles. The van der Waals surface area contributed by atoms with Crippen molar-refractivity contribution in [1.29, 1.82) is 0 Å². The molecule has 106 valence electrons. The van der Waals surface area contributed by atoms with Crippen LogP contribution in [-0.4, -0.2) is 23.6 Å². The molecule has 0 amide bonds. The first-order valence-corrected chi connectivity index (χ1v) is 9.43. The molecule has 0 aromatic rings. The van der Waals surface area contributed by atoms with Crippen molar-refractivity contribution >= 4 is 27.6 Å². The van der Waals surface area contributed by atoms with Gasteiger partial charge in [-0.05, 0) is 44.4 Å². The molecule has 1 aliphatic rings. The van der Waals surface area contributed by atoms with E-state index in [1.54, 1.807) is 0 Å². The first-order valence-electron chi connectivity index (χ1n) is 7.05. The maximum Gasteiger partial charge on any atom is 0.306 e. The molecule has 0 radical (unpaired) electrons. The van der Waals surface area contributed by atoms with Crippen LogP contribution in [0.15, 0.2) is 0 Å². The van der Waals surface area contributed by atoms with Crippen LogP contribution < -0.4 is 0 Å². The molecule has 1 fully saturated rings. The van der Waals surface area contributed by atoms with Gasteiger partial charge in [0.2, 0.25) is 0 Å². The molecule has 1 saturated heterocycles. The van der Waals surface area contributed by atoms with Gasteiger partial charge in [-0.25, -0.2) is 0 Å². The van der Waals surface area contributed by atoms with Crippen molar-refractivity contribution in [1.82, 2.24) is 0 Å². The SMILES string of the molecule is CCOC(=O)C[C@@H](CCC1CCSS1)CC(C)C. The van der Waals surface area contributed by atoms with Crippen molar-refractivity contribution in [3.63, 3.8) is 0 Å². The Morgan fingerprint density at radius 1 is 1.44 bits per heavy atom. The average Bonchev–Trinajstić information content (AvgIpc) is 2.78. The molecular formula is C14H26O2S2. The van der Waals surface area contributed by atoms with Gasteiger partial charge in [0.05, 0.1) is 6.61 Å². The second kappa shape index (κ2) is 9.13. The van der Waals surface area contributed by atoms with Crippen molar-refractivity contribution in [3.05, 3.63) is 0 Å². The number of hydrogen-bond donors (Lipinski definition) is 0. The molecule has 18 heavy (non-hydrogen) atoms. The summed E-state index contributed by atoms with van der Waals surface area (Å²) in [6.07, 6.45) is 5.52. The molecule has 0 saturated carbocycles. The summed E-state index contributed by atoms with van der Waals surface area (Å²) in [5, 5.41) is 0.812. The highest BCUT2D eigenvalue weighted by Gasteiger charge is 2.21. The van der Waals surface area contributed by atoms with Crippen molar-refractivity contribution in [2.45, 2.75) is 58.1 Å². The number of carbonyl (C=O) groups is 1. The molecule has 0 aliphatic carbocycles. The van der Waals surface area contributed by atoms with Crippen molar-refractivity contribution < 1.29 is 9.53 Å². The van der Waals surface area contributed by atoms with Crippen LogP contribution in [0.25, 0.3) is 0 Å². The average molecular weight is 290 g/mol. The van der Waals surface area contributed by atoms with Crippen LogP contribution >= 0.6 is 21.6 Å². The fourth-order valence-corrected chi connectivity index (χ4v) is 5.41. The molecule has 1 heterocycles. The quantitative estimate of drug-likeness (QED) is 0.484. The zero-order chi connectivity index (χ0) is 13.4. The Balaban J connectivity index is 2.31. The van der Waals surface area contributed by atoms with Crippen LogP contribution in [0.4, 0.5) is 0 Å². The zero-order valence-electron chi connectivity index (χ0n) is 11.8. The molecule has 2 nitrogen and oxygen atoms in total. The predicted octanol–water partition coefficient (Wildman–Crippen LogP) is 4.54. The number of carbonyl (C=O) groups excluding carboxylic acids is 1. The van der Waals surface area contributed by atoms with Crippen LogP contribution in [-0.2, 0) is 9.53 Å². The van der Waals surface area contributed by atoms with Gasteiger partial charge in [0.1, 0.15) is 0 Å². The van der Waals surface area contributed by atoms with Gasteiger partial charge < -0.3 is 4.74 Å². The van der Waals surface area contributed by atoms with Gasteiger partial charge in [0.15, 0.2) is 0 Å². The molecule has 2 atom stereocenters. The fraction of sp³-hybridized carbons (Fsp3) is 0.929. The highest BCUT2D eigenvalue weighted by molar-refractivity contribution is 8.77. The molecule has 1 rings (SSSR count). The normalized spacial score (nSPS) is 21.2. The van der Waals surface area contributed by atoms with E-state index < -0.39 is 0 Å². The summed E-state index contributed by atoms with van der Waals surface area (Å²) < 4.78 is 5.08. The van der Waals surface area contributed by atoms with E-state index in [9.17, 15) is 4.79 Å². The van der Waals surface area contributed by atoms with E-state index in [4.69, 9.17) is 4.74 Å². The van der Waals surface area contributed by atoms with Crippen LogP contribution in [0.5, 0.6) is 0 Å². The Labute approximate surface area is 119 Å². The Morgan fingerprint density at radius 2 is 2.22 bits per heavy atom. The Bertz CT molecular complexity index is 238. The highest BCUT2D eigenvalue weighted by Crippen LogP contribution is 2.40. The minimum atomic E-state index is -0.0170. The van der Waals surface area contributed by atoms with Crippen LogP contribution in [0.2, 0.25) is 0 Å². The third-order valence-electron chi connectivity index (χ3n) is 3.19. The minimum absolute atomic E-state index is 0.0170. The summed E-state index contributed by atoms with van der Waals surface area (Å²) in [6.45, 7) is 6.85. The molecule has 0 bridgehead atoms. The van der Waals surface area contributed by atoms with Gasteiger partial charge in [-0.3, -0.25) is 4.79 Å². The summed E-state index contributed by atoms with van der Waals surface area (Å²) in [5.74, 6) is 2.45. The molecule has 4 heteroatoms. The van der Waals surface area contributed by atoms with Crippen LogP contribution in [0.3, 0.4) is 0 Å². The highest BCUT2D eigenvalue weighted by atomic mass is 33.1. The van der Waals surface area contributed by atoms with Crippen LogP contribution in [0, 0.1) is 11.8 Å². The second-order valence-corrected chi connectivity index (χ2v) is 8.20. The Hall–Kier alpha value is 0.170. The van der Waals surface area contributed by atoms with Crippen molar-refractivity contribution in [2.24, 2.45) is 11.8 Å². The molecule has 1 unspecified atom stereocenters. The topological polar surface area (TPSA) is 26.3 Å². The van der Waals surface area contributed by atoms with Gasteiger partial charge in [0.25, 0.3) is 0 Å². The zero-order valence-corrected chi connectivity index (χ0v) is 13.4. The van der Waals surface area contributed by atoms with E-state index >= 15 is 0 Å². The molecule has 0 N–H and O–H groups in total. The van der Waals surface area contributed by atoms with Gasteiger partial charge >= 0.3 is 5.97 Å². The van der Waals surface area contributed by atoms with Crippen molar-refractivity contribution in [2.75, 3.05) is 12.4 Å². The van der Waals surface area contributed by atoms with E-state index in [0.717, 1.165) is 11.7 Å². The van der Waals surface area contributed by atoms with E-state index in [0.29, 0.717) is 24.9 Å². The van der Waals surface area contributed by atoms with Gasteiger partial charge in [-0.1, -0.05) is 35.4 Å². The van der Waals surface area contributed by atoms with Gasteiger partial charge in [-0.15, -0.1) is 0 Å². The lowest BCUT2D eigenvalue weighted by Crippen LogP contribution is -2.15. The summed E-state index contributed by atoms with van der Waals surface area (Å²) in [6, 6.07) is 0. The maximum atomic E-state index is 11.6. The second-order valence-electron chi connectivity index (χ2n) is 5.41. The molecule has 0 aromatic carbocycles. The Morgan fingerprint density at radius 3 is 2.78 bits per heavy atom. The first-order chi connectivity index (χ1) is 8.61. The third-order valence-corrected chi connectivity index (χ3v) is 6.20. The fourth-order valence-electron chi connectivity index (χ4n) is 2.41. The lowest BCUT2D eigenvalue weighted by atomic mass is 9.89. The van der Waals surface area contributed by atoms with Crippen molar-refractivity contribution in [3.8, 4) is 0 Å². The first kappa shape index (κ1) is 16.2. The summed E-state index contributed by atoms with van der Waals surface area (Å²) >= 11 is 0. The third kappa shape index (κ3) is 6.93. The van der Waals surface area contributed by atoms with E-state index in [2.05, 4.69) is 13.8 Å². The summed E-state index contributed by atoms with van der Waals surface area (Å²) in [7, 11) is 4.03. The van der Waals surface area contributed by atoms with E-state index in [1.807, 2.05) is 28.5 Å². The standard InChI is InChI=1S/C14H26O2S2/c1-4-16-14(15)10-12(9-11(2)3)5-6-13-7-8-17-18-13/h11-13H,4-10H2,1-3H3/t12-,13?/m0/s1. The summed E-state index contributed by atoms with van der Waals surface area (Å²) in [4.78, 5) is 11.6. The van der Waals surface area contributed by atoms with Gasteiger partial charge in [0, 0.05) is 17.4 Å². The minimum Gasteiger partial charge on any atom is -0.466 e. The summed E-state index contributed by atoms with van der Waals surface area (Å²) in [5.41, 5.74) is 0. The number of rotatable bonds is 8. The van der Waals surface area contributed by atoms with E-state index in [1.165, 1.54) is 25.0 Å². The maximum absolute atomic E-state index is 11.6. The Kier molecular flexibility index (Phi) is 8.23. The smallest absolute Gasteiger partial charge is 0.306 e. The number of esters is 1. The van der Waals surface area contributed by atoms with E-state index in [-0.39, 0.29) is 5.97 Å². The molecular weight excluding hydrogens is 264 g/mol. The molecule has 0 spiro atoms. The number of hydrogen-bond acceptors (Lipinski definition) is 4. The molecule has 1 aliphatic heterocycles. The predicted molar refractivity (Wildman–Crippen MR) is 81.9 cm³/mol.